The van der Waals surface area contributed by atoms with E-state index in [0.717, 1.165) is 13.1 Å². The lowest BCUT2D eigenvalue weighted by Gasteiger charge is -2.25. The maximum Gasteiger partial charge on any atom is 0.0448 e. The van der Waals surface area contributed by atoms with Crippen LogP contribution in [0.4, 0.5) is 5.69 Å². The molecule has 22 heavy (non-hydrogen) atoms. The summed E-state index contributed by atoms with van der Waals surface area (Å²) in [6.45, 7) is 16.7. The summed E-state index contributed by atoms with van der Waals surface area (Å²) < 4.78 is 0. The van der Waals surface area contributed by atoms with Crippen LogP contribution < -0.4 is 4.90 Å². The Morgan fingerprint density at radius 1 is 0.727 bits per heavy atom. The minimum Gasteiger partial charge on any atom is -0.372 e. The quantitative estimate of drug-likeness (QED) is 0.618. The molecule has 0 saturated heterocycles. The van der Waals surface area contributed by atoms with E-state index < -0.39 is 0 Å². The van der Waals surface area contributed by atoms with Crippen molar-refractivity contribution < 1.29 is 0 Å². The molecule has 0 aliphatic heterocycles. The molecule has 0 N–H and O–H groups in total. The van der Waals surface area contributed by atoms with Crippen LogP contribution in [0.25, 0.3) is 11.1 Å². The van der Waals surface area contributed by atoms with E-state index in [1.807, 2.05) is 27.7 Å². The SMILES string of the molecule is CC.CC.CCN(CC)c1cccc(C)c1-c1ccccc1. The topological polar surface area (TPSA) is 3.24 Å². The maximum absolute atomic E-state index is 2.41. The van der Waals surface area contributed by atoms with Crippen LogP contribution in [0.2, 0.25) is 0 Å². The van der Waals surface area contributed by atoms with Gasteiger partial charge in [-0.05, 0) is 38.0 Å². The summed E-state index contributed by atoms with van der Waals surface area (Å²) in [5, 5.41) is 0. The van der Waals surface area contributed by atoms with E-state index in [1.54, 1.807) is 0 Å². The second-order valence-electron chi connectivity index (χ2n) is 4.51. The summed E-state index contributed by atoms with van der Waals surface area (Å²) in [6, 6.07) is 17.2. The molecule has 1 heteroatoms. The van der Waals surface area contributed by atoms with Gasteiger partial charge in [0.1, 0.15) is 0 Å². The van der Waals surface area contributed by atoms with Crippen LogP contribution in [0.1, 0.15) is 47.1 Å². The van der Waals surface area contributed by atoms with Crippen molar-refractivity contribution in [1.29, 1.82) is 0 Å². The molecule has 0 saturated carbocycles. The molecule has 0 aliphatic rings. The van der Waals surface area contributed by atoms with Crippen LogP contribution in [0.15, 0.2) is 48.5 Å². The van der Waals surface area contributed by atoms with Crippen molar-refractivity contribution in [1.82, 2.24) is 0 Å². The number of nitrogens with zero attached hydrogens (tertiary/aromatic N) is 1. The number of hydrogen-bond acceptors (Lipinski definition) is 1. The zero-order chi connectivity index (χ0) is 17.0. The molecule has 2 rings (SSSR count). The van der Waals surface area contributed by atoms with Crippen LogP contribution in [0.3, 0.4) is 0 Å². The van der Waals surface area contributed by atoms with Gasteiger partial charge in [0.15, 0.2) is 0 Å². The molecule has 0 amide bonds. The van der Waals surface area contributed by atoms with Crippen LogP contribution in [0.5, 0.6) is 0 Å². The number of anilines is 1. The van der Waals surface area contributed by atoms with Gasteiger partial charge in [-0.25, -0.2) is 0 Å². The fourth-order valence-corrected chi connectivity index (χ4v) is 2.46. The molecule has 0 aliphatic carbocycles. The fraction of sp³-hybridized carbons (Fsp3) is 0.429. The summed E-state index contributed by atoms with van der Waals surface area (Å²) in [4.78, 5) is 2.41. The second kappa shape index (κ2) is 11.9. The van der Waals surface area contributed by atoms with Gasteiger partial charge in [-0.2, -0.15) is 0 Å². The van der Waals surface area contributed by atoms with Gasteiger partial charge >= 0.3 is 0 Å². The van der Waals surface area contributed by atoms with Crippen LogP contribution >= 0.6 is 0 Å². The number of benzene rings is 2. The standard InChI is InChI=1S/C17H21N.2C2H6/c1-4-18(5-2)16-13-9-10-14(3)17(16)15-11-7-6-8-12-15;2*1-2/h6-13H,4-5H2,1-3H3;2*1-2H3. The fourth-order valence-electron chi connectivity index (χ4n) is 2.46. The molecule has 0 spiro atoms. The van der Waals surface area contributed by atoms with E-state index in [0.29, 0.717) is 0 Å². The Morgan fingerprint density at radius 2 is 1.27 bits per heavy atom. The number of hydrogen-bond donors (Lipinski definition) is 0. The molecule has 2 aromatic rings. The first-order valence-electron chi connectivity index (χ1n) is 8.67. The van der Waals surface area contributed by atoms with Gasteiger partial charge in [-0.1, -0.05) is 70.2 Å². The zero-order valence-electron chi connectivity index (χ0n) is 15.5. The third-order valence-electron chi connectivity index (χ3n) is 3.42. The first-order chi connectivity index (χ1) is 10.8. The Labute approximate surface area is 138 Å². The number of aryl methyl sites for hydroxylation is 1. The monoisotopic (exact) mass is 299 g/mol. The highest BCUT2D eigenvalue weighted by Gasteiger charge is 2.11. The van der Waals surface area contributed by atoms with E-state index >= 15 is 0 Å². The van der Waals surface area contributed by atoms with E-state index in [1.165, 1.54) is 22.4 Å². The third kappa shape index (κ3) is 5.22. The van der Waals surface area contributed by atoms with Gasteiger partial charge in [0.25, 0.3) is 0 Å². The Bertz CT molecular complexity index is 499. The molecule has 122 valence electrons. The lowest BCUT2D eigenvalue weighted by molar-refractivity contribution is 0.867. The first-order valence-corrected chi connectivity index (χ1v) is 8.67. The molecule has 0 heterocycles. The Balaban J connectivity index is 0.00000102. The number of rotatable bonds is 4. The van der Waals surface area contributed by atoms with Crippen molar-refractivity contribution in [3.05, 3.63) is 54.1 Å². The molecular formula is C21H33N. The zero-order valence-corrected chi connectivity index (χ0v) is 15.5. The van der Waals surface area contributed by atoms with Gasteiger partial charge < -0.3 is 4.90 Å². The molecule has 0 atom stereocenters. The Hall–Kier alpha value is -1.76. The van der Waals surface area contributed by atoms with Crippen molar-refractivity contribution in [3.8, 4) is 11.1 Å². The van der Waals surface area contributed by atoms with E-state index in [-0.39, 0.29) is 0 Å². The molecule has 0 radical (unpaired) electrons. The summed E-state index contributed by atoms with van der Waals surface area (Å²) in [6.07, 6.45) is 0. The van der Waals surface area contributed by atoms with E-state index in [2.05, 4.69) is 74.2 Å². The molecule has 0 unspecified atom stereocenters. The van der Waals surface area contributed by atoms with Gasteiger partial charge in [0.05, 0.1) is 0 Å². The Morgan fingerprint density at radius 3 is 1.77 bits per heavy atom. The van der Waals surface area contributed by atoms with Crippen molar-refractivity contribution in [2.24, 2.45) is 0 Å². The highest BCUT2D eigenvalue weighted by atomic mass is 15.1. The lowest BCUT2D eigenvalue weighted by Crippen LogP contribution is -2.22. The van der Waals surface area contributed by atoms with Crippen molar-refractivity contribution >= 4 is 5.69 Å². The van der Waals surface area contributed by atoms with Gasteiger partial charge in [0, 0.05) is 24.3 Å². The van der Waals surface area contributed by atoms with E-state index in [9.17, 15) is 0 Å². The predicted molar refractivity (Wildman–Crippen MR) is 103 cm³/mol. The van der Waals surface area contributed by atoms with Crippen molar-refractivity contribution in [2.75, 3.05) is 18.0 Å². The molecule has 0 bridgehead atoms. The summed E-state index contributed by atoms with van der Waals surface area (Å²) in [7, 11) is 0. The molecule has 0 aromatic heterocycles. The summed E-state index contributed by atoms with van der Waals surface area (Å²) in [5.41, 5.74) is 5.34. The van der Waals surface area contributed by atoms with Crippen molar-refractivity contribution in [2.45, 2.75) is 48.5 Å². The molecule has 1 nitrogen and oxygen atoms in total. The van der Waals surface area contributed by atoms with Crippen LogP contribution in [-0.4, -0.2) is 13.1 Å². The van der Waals surface area contributed by atoms with Gasteiger partial charge in [0.2, 0.25) is 0 Å². The highest BCUT2D eigenvalue weighted by Crippen LogP contribution is 2.33. The van der Waals surface area contributed by atoms with Gasteiger partial charge in [-0.15, -0.1) is 0 Å². The normalized spacial score (nSPS) is 9.05. The maximum atomic E-state index is 2.41. The lowest BCUT2D eigenvalue weighted by atomic mass is 9.98. The van der Waals surface area contributed by atoms with Gasteiger partial charge in [-0.3, -0.25) is 0 Å². The molecule has 0 fully saturated rings. The van der Waals surface area contributed by atoms with Crippen molar-refractivity contribution in [3.63, 3.8) is 0 Å². The predicted octanol–water partition coefficient (Wildman–Crippen LogP) is 6.56. The Kier molecular flexibility index (Phi) is 10.9. The minimum atomic E-state index is 1.04. The smallest absolute Gasteiger partial charge is 0.0448 e. The molecule has 2 aromatic carbocycles. The summed E-state index contributed by atoms with van der Waals surface area (Å²) >= 11 is 0. The second-order valence-corrected chi connectivity index (χ2v) is 4.51. The van der Waals surface area contributed by atoms with E-state index in [4.69, 9.17) is 0 Å². The van der Waals surface area contributed by atoms with Crippen LogP contribution in [0, 0.1) is 6.92 Å². The average molecular weight is 300 g/mol. The average Bonchev–Trinajstić information content (AvgIpc) is 2.60. The third-order valence-corrected chi connectivity index (χ3v) is 3.42. The first kappa shape index (κ1) is 20.2. The molecular weight excluding hydrogens is 266 g/mol. The summed E-state index contributed by atoms with van der Waals surface area (Å²) in [5.74, 6) is 0. The van der Waals surface area contributed by atoms with Crippen LogP contribution in [-0.2, 0) is 0 Å². The highest BCUT2D eigenvalue weighted by molar-refractivity contribution is 5.81. The minimum absolute atomic E-state index is 1.04. The largest absolute Gasteiger partial charge is 0.372 e.